The Hall–Kier alpha value is -2.83. The van der Waals surface area contributed by atoms with Crippen LogP contribution < -0.4 is 4.74 Å². The first-order valence-corrected chi connectivity index (χ1v) is 11.7. The molecule has 1 aliphatic carbocycles. The van der Waals surface area contributed by atoms with Gasteiger partial charge in [0.2, 0.25) is 0 Å². The summed E-state index contributed by atoms with van der Waals surface area (Å²) in [5.74, 6) is -1.88. The molecule has 0 aliphatic heterocycles. The van der Waals surface area contributed by atoms with Crippen LogP contribution in [0.2, 0.25) is 0 Å². The highest BCUT2D eigenvalue weighted by molar-refractivity contribution is 5.65. The lowest BCUT2D eigenvalue weighted by Gasteiger charge is -2.29. The van der Waals surface area contributed by atoms with Gasteiger partial charge in [0.15, 0.2) is 23.2 Å². The third-order valence-electron chi connectivity index (χ3n) is 6.46. The maximum Gasteiger partial charge on any atom is 0.166 e. The van der Waals surface area contributed by atoms with Gasteiger partial charge in [-0.25, -0.2) is 13.2 Å². The molecule has 0 amide bonds. The Morgan fingerprint density at radius 1 is 0.853 bits per heavy atom. The van der Waals surface area contributed by atoms with Crippen molar-refractivity contribution < 1.29 is 27.8 Å². The number of ether oxygens (including phenoxy) is 2. The number of benzene rings is 3. The van der Waals surface area contributed by atoms with E-state index in [4.69, 9.17) is 14.6 Å². The lowest BCUT2D eigenvalue weighted by Crippen LogP contribution is -2.21. The first kappa shape index (κ1) is 24.3. The highest BCUT2D eigenvalue weighted by atomic mass is 19.2. The molecule has 3 aromatic rings. The van der Waals surface area contributed by atoms with Crippen molar-refractivity contribution in [1.82, 2.24) is 0 Å². The van der Waals surface area contributed by atoms with E-state index in [0.717, 1.165) is 18.4 Å². The Morgan fingerprint density at radius 2 is 1.56 bits per heavy atom. The summed E-state index contributed by atoms with van der Waals surface area (Å²) >= 11 is 0. The summed E-state index contributed by atoms with van der Waals surface area (Å²) in [6.07, 6.45) is 2.86. The van der Waals surface area contributed by atoms with Gasteiger partial charge in [0.1, 0.15) is 0 Å². The number of hydrogen-bond acceptors (Lipinski definition) is 3. The molecule has 0 atom stereocenters. The van der Waals surface area contributed by atoms with E-state index in [2.05, 4.69) is 0 Å². The molecule has 0 unspecified atom stereocenters. The Kier molecular flexibility index (Phi) is 7.91. The largest absolute Gasteiger partial charge is 0.491 e. The van der Waals surface area contributed by atoms with Crippen molar-refractivity contribution in [3.8, 4) is 16.9 Å². The maximum atomic E-state index is 15.0. The van der Waals surface area contributed by atoms with Gasteiger partial charge in [-0.05, 0) is 72.9 Å². The van der Waals surface area contributed by atoms with E-state index in [1.54, 1.807) is 55.5 Å². The third-order valence-corrected chi connectivity index (χ3v) is 6.46. The minimum atomic E-state index is -0.842. The molecular weight excluding hydrogens is 441 g/mol. The Bertz CT molecular complexity index is 1110. The molecule has 1 N–H and O–H groups in total. The molecule has 4 rings (SSSR count). The maximum absolute atomic E-state index is 15.0. The van der Waals surface area contributed by atoms with Crippen LogP contribution in [0.1, 0.15) is 55.2 Å². The number of aliphatic hydroxyl groups is 1. The third kappa shape index (κ3) is 5.45. The number of halogens is 3. The van der Waals surface area contributed by atoms with Crippen molar-refractivity contribution >= 4 is 0 Å². The molecular formula is C28H29F3O3. The number of rotatable bonds is 8. The van der Waals surface area contributed by atoms with E-state index >= 15 is 0 Å². The first-order chi connectivity index (χ1) is 16.5. The van der Waals surface area contributed by atoms with Crippen molar-refractivity contribution in [2.75, 3.05) is 6.61 Å². The molecule has 3 nitrogen and oxygen atoms in total. The Morgan fingerprint density at radius 3 is 2.21 bits per heavy atom. The van der Waals surface area contributed by atoms with Gasteiger partial charge in [-0.1, -0.05) is 42.5 Å². The molecule has 1 aliphatic rings. The van der Waals surface area contributed by atoms with E-state index in [-0.39, 0.29) is 29.9 Å². The van der Waals surface area contributed by atoms with Crippen molar-refractivity contribution in [3.63, 3.8) is 0 Å². The molecule has 1 saturated carbocycles. The predicted molar refractivity (Wildman–Crippen MR) is 125 cm³/mol. The van der Waals surface area contributed by atoms with Crippen molar-refractivity contribution in [2.45, 2.75) is 57.8 Å². The molecule has 1 fully saturated rings. The average molecular weight is 471 g/mol. The van der Waals surface area contributed by atoms with Crippen LogP contribution in [-0.2, 0) is 18.0 Å². The normalized spacial score (nSPS) is 18.1. The van der Waals surface area contributed by atoms with Crippen LogP contribution in [0.5, 0.6) is 5.75 Å². The van der Waals surface area contributed by atoms with Crippen LogP contribution >= 0.6 is 0 Å². The van der Waals surface area contributed by atoms with Gasteiger partial charge in [-0.2, -0.15) is 0 Å². The fraction of sp³-hybridized carbons (Fsp3) is 0.357. The highest BCUT2D eigenvalue weighted by Gasteiger charge is 2.27. The highest BCUT2D eigenvalue weighted by Crippen LogP contribution is 2.38. The summed E-state index contributed by atoms with van der Waals surface area (Å²) in [5, 5.41) is 9.16. The summed E-state index contributed by atoms with van der Waals surface area (Å²) in [5.41, 5.74) is 2.64. The molecule has 34 heavy (non-hydrogen) atoms. The van der Waals surface area contributed by atoms with Crippen molar-refractivity contribution in [3.05, 3.63) is 88.7 Å². The van der Waals surface area contributed by atoms with E-state index in [1.165, 1.54) is 6.07 Å². The van der Waals surface area contributed by atoms with E-state index in [0.29, 0.717) is 42.7 Å². The quantitative estimate of drug-likeness (QED) is 0.389. The topological polar surface area (TPSA) is 38.7 Å². The predicted octanol–water partition coefficient (Wildman–Crippen LogP) is 6.90. The van der Waals surface area contributed by atoms with Crippen LogP contribution in [0.4, 0.5) is 13.2 Å². The summed E-state index contributed by atoms with van der Waals surface area (Å²) in [7, 11) is 0. The molecule has 0 saturated heterocycles. The second-order valence-corrected chi connectivity index (χ2v) is 8.67. The molecule has 0 aromatic heterocycles. The smallest absolute Gasteiger partial charge is 0.166 e. The Balaban J connectivity index is 1.35. The number of hydrogen-bond donors (Lipinski definition) is 1. The molecule has 0 heterocycles. The van der Waals surface area contributed by atoms with Gasteiger partial charge in [0, 0.05) is 5.56 Å². The summed E-state index contributed by atoms with van der Waals surface area (Å²) in [6, 6.07) is 14.9. The molecule has 6 heteroatoms. The zero-order valence-corrected chi connectivity index (χ0v) is 19.2. The van der Waals surface area contributed by atoms with Gasteiger partial charge in [-0.3, -0.25) is 0 Å². The molecule has 180 valence electrons. The molecule has 0 bridgehead atoms. The number of aliphatic hydroxyl groups excluding tert-OH is 1. The first-order valence-electron chi connectivity index (χ1n) is 11.7. The standard InChI is InChI=1S/C28H29F3O3/c1-2-33-26-14-5-19(15-25(26)29)17-34-22-10-8-21(9-11-22)24-13-12-23(27(30)28(24)31)20-6-3-18(16-32)4-7-20/h3-7,12-15,21-22,32H,2,8-11,16-17H2,1H3. The molecule has 0 radical (unpaired) electrons. The fourth-order valence-corrected chi connectivity index (χ4v) is 4.55. The fourth-order valence-electron chi connectivity index (χ4n) is 4.55. The SMILES string of the molecule is CCOc1ccc(COC2CCC(c3ccc(-c4ccc(CO)cc4)c(F)c3F)CC2)cc1F. The van der Waals surface area contributed by atoms with Gasteiger partial charge < -0.3 is 14.6 Å². The van der Waals surface area contributed by atoms with Gasteiger partial charge >= 0.3 is 0 Å². The molecule has 0 spiro atoms. The summed E-state index contributed by atoms with van der Waals surface area (Å²) in [6.45, 7) is 2.41. The van der Waals surface area contributed by atoms with E-state index in [1.807, 2.05) is 0 Å². The van der Waals surface area contributed by atoms with Crippen LogP contribution in [0.15, 0.2) is 54.6 Å². The van der Waals surface area contributed by atoms with Crippen molar-refractivity contribution in [1.29, 1.82) is 0 Å². The zero-order chi connectivity index (χ0) is 24.1. The van der Waals surface area contributed by atoms with Crippen molar-refractivity contribution in [2.24, 2.45) is 0 Å². The van der Waals surface area contributed by atoms with Crippen LogP contribution in [0.25, 0.3) is 11.1 Å². The van der Waals surface area contributed by atoms with Crippen LogP contribution in [-0.4, -0.2) is 17.8 Å². The van der Waals surface area contributed by atoms with E-state index in [9.17, 15) is 13.2 Å². The Labute approximate surface area is 198 Å². The average Bonchev–Trinajstić information content (AvgIpc) is 2.86. The van der Waals surface area contributed by atoms with Crippen LogP contribution in [0, 0.1) is 17.5 Å². The summed E-state index contributed by atoms with van der Waals surface area (Å²) < 4.78 is 55.1. The van der Waals surface area contributed by atoms with Gasteiger partial charge in [0.05, 0.1) is 25.9 Å². The van der Waals surface area contributed by atoms with Crippen LogP contribution in [0.3, 0.4) is 0 Å². The second kappa shape index (κ2) is 11.1. The lowest BCUT2D eigenvalue weighted by molar-refractivity contribution is 0.0130. The summed E-state index contributed by atoms with van der Waals surface area (Å²) in [4.78, 5) is 0. The second-order valence-electron chi connectivity index (χ2n) is 8.67. The monoisotopic (exact) mass is 470 g/mol. The molecule has 3 aromatic carbocycles. The zero-order valence-electron chi connectivity index (χ0n) is 19.2. The lowest BCUT2D eigenvalue weighted by atomic mass is 9.82. The van der Waals surface area contributed by atoms with Gasteiger partial charge in [0.25, 0.3) is 0 Å². The van der Waals surface area contributed by atoms with E-state index < -0.39 is 17.5 Å². The minimum absolute atomic E-state index is 0.00287. The minimum Gasteiger partial charge on any atom is -0.491 e. The van der Waals surface area contributed by atoms with Gasteiger partial charge in [-0.15, -0.1) is 0 Å².